The Kier molecular flexibility index (Phi) is 23.7. The molecule has 0 atom stereocenters. The Morgan fingerprint density at radius 2 is 0.593 bits per heavy atom. The fourth-order valence-corrected chi connectivity index (χ4v) is 8.83. The smallest absolute Gasteiger partial charge is 0.407 e. The Morgan fingerprint density at radius 1 is 0.370 bits per heavy atom. The van der Waals surface area contributed by atoms with E-state index in [9.17, 15) is 43.5 Å². The van der Waals surface area contributed by atoms with Gasteiger partial charge in [-0.15, -0.1) is 0 Å². The molecule has 4 aromatic rings. The zero-order chi connectivity index (χ0) is 59.3. The Balaban J connectivity index is 1.45. The van der Waals surface area contributed by atoms with Gasteiger partial charge in [-0.2, -0.15) is 0 Å². The van der Waals surface area contributed by atoms with E-state index in [1.54, 1.807) is 81.9 Å². The maximum atomic E-state index is 14.1. The Bertz CT molecular complexity index is 2750. The molecular weight excluding hydrogens is 1030 g/mol. The second-order valence-corrected chi connectivity index (χ2v) is 23.0. The normalized spacial score (nSPS) is 14.0. The van der Waals surface area contributed by atoms with Gasteiger partial charge in [-0.1, -0.05) is 48.5 Å². The summed E-state index contributed by atoms with van der Waals surface area (Å²) < 4.78 is 16.1. The number of nitrogens with zero attached hydrogens (tertiary/aromatic N) is 4. The molecule has 0 fully saturated rings. The van der Waals surface area contributed by atoms with Crippen molar-refractivity contribution in [2.45, 2.75) is 150 Å². The van der Waals surface area contributed by atoms with E-state index in [-0.39, 0.29) is 81.9 Å². The lowest BCUT2D eigenvalue weighted by molar-refractivity contribution is -0.138. The summed E-state index contributed by atoms with van der Waals surface area (Å²) in [5.74, 6) is -2.08. The fraction of sp³-hybridized carbons (Fsp3) is 0.484. The van der Waals surface area contributed by atoms with Gasteiger partial charge in [0, 0.05) is 94.2 Å². The number of carbonyl (C=O) groups is 8. The van der Waals surface area contributed by atoms with Crippen LogP contribution in [0.15, 0.2) is 97.1 Å². The summed E-state index contributed by atoms with van der Waals surface area (Å²) in [7, 11) is 0. The third kappa shape index (κ3) is 23.0. The molecule has 0 saturated heterocycles. The summed E-state index contributed by atoms with van der Waals surface area (Å²) in [4.78, 5) is 111. The van der Waals surface area contributed by atoms with Crippen LogP contribution in [-0.2, 0) is 51.0 Å². The van der Waals surface area contributed by atoms with Crippen LogP contribution in [0.5, 0.6) is 0 Å². The van der Waals surface area contributed by atoms with Crippen molar-refractivity contribution in [2.75, 3.05) is 65.4 Å². The van der Waals surface area contributed by atoms with Crippen LogP contribution in [0.2, 0.25) is 0 Å². The lowest BCUT2D eigenvalue weighted by Gasteiger charge is -2.26. The molecule has 4 N–H and O–H groups in total. The number of benzene rings is 4. The number of anilines is 4. The molecule has 81 heavy (non-hydrogen) atoms. The zero-order valence-corrected chi connectivity index (χ0v) is 48.7. The molecule has 0 spiro atoms. The molecule has 438 valence electrons. The van der Waals surface area contributed by atoms with Gasteiger partial charge in [0.05, 0.1) is 6.42 Å². The Morgan fingerprint density at radius 3 is 0.802 bits per heavy atom. The van der Waals surface area contributed by atoms with Crippen molar-refractivity contribution in [1.82, 2.24) is 16.0 Å². The van der Waals surface area contributed by atoms with Gasteiger partial charge in [0.2, 0.25) is 23.6 Å². The van der Waals surface area contributed by atoms with Crippen LogP contribution in [0.1, 0.15) is 142 Å². The third-order valence-electron chi connectivity index (χ3n) is 12.6. The van der Waals surface area contributed by atoms with Crippen LogP contribution in [0, 0.1) is 0 Å². The third-order valence-corrected chi connectivity index (χ3v) is 12.6. The fourth-order valence-electron chi connectivity index (χ4n) is 8.83. The van der Waals surface area contributed by atoms with Crippen molar-refractivity contribution in [3.8, 4) is 0 Å². The second kappa shape index (κ2) is 30.0. The first kappa shape index (κ1) is 63.9. The topological polar surface area (TPSA) is 234 Å². The second-order valence-electron chi connectivity index (χ2n) is 23.0. The number of hydrogen-bond donors (Lipinski definition) is 4. The number of hydrogen-bond acceptors (Lipinski definition) is 11. The highest BCUT2D eigenvalue weighted by molar-refractivity contribution is 5.96. The van der Waals surface area contributed by atoms with Crippen LogP contribution < -0.4 is 35.6 Å². The molecule has 4 aromatic carbocycles. The summed E-state index contributed by atoms with van der Waals surface area (Å²) in [6, 6.07) is 30.5. The van der Waals surface area contributed by atoms with E-state index < -0.39 is 41.1 Å². The van der Waals surface area contributed by atoms with Gasteiger partial charge in [0.1, 0.15) is 16.8 Å². The van der Waals surface area contributed by atoms with Crippen molar-refractivity contribution < 1.29 is 57.7 Å². The molecular formula is C62H83N7O12. The molecule has 11 rings (SSSR count). The summed E-state index contributed by atoms with van der Waals surface area (Å²) in [6.45, 7) is 17.2. The van der Waals surface area contributed by atoms with Gasteiger partial charge in [0.25, 0.3) is 0 Å². The maximum Gasteiger partial charge on any atom is 0.407 e. The van der Waals surface area contributed by atoms with Crippen molar-refractivity contribution in [3.05, 3.63) is 119 Å². The van der Waals surface area contributed by atoms with E-state index >= 15 is 0 Å². The molecule has 0 aliphatic carbocycles. The molecule has 0 saturated carbocycles. The van der Waals surface area contributed by atoms with Crippen molar-refractivity contribution in [1.29, 1.82) is 0 Å². The first-order valence-corrected chi connectivity index (χ1v) is 27.9. The van der Waals surface area contributed by atoms with Crippen LogP contribution in [-0.4, -0.2) is 116 Å². The standard InChI is InChI=1S/C62H83N7O12/c1-60(2,3)79-57(76)63-35-32-53(71)67-39-11-10-38-66(52(70)30-31-56(74)75)48-22-14-44(15-23-48)42-45-16-26-50(27-17-45)68(54(72)33-36-64-58(77)80-61(4,5)6)40-12-13-41-69(55(73)34-37-65-59(78)81-62(7,8)9)51-28-20-47(21-29-51)43-46-18-24-49(67)25-19-46/h14-29H,10-13,30-43H2,1-9H3,(H,63,76)(H,64,77)(H,65,78)(H,74,75). The molecule has 7 heterocycles. The van der Waals surface area contributed by atoms with Gasteiger partial charge < -0.3 is 54.9 Å². The molecule has 7 aliphatic heterocycles. The van der Waals surface area contributed by atoms with E-state index in [2.05, 4.69) is 16.0 Å². The molecule has 0 radical (unpaired) electrons. The van der Waals surface area contributed by atoms with E-state index in [0.29, 0.717) is 80.9 Å². The molecule has 7 amide bonds. The van der Waals surface area contributed by atoms with Gasteiger partial charge in [-0.3, -0.25) is 24.0 Å². The minimum absolute atomic E-state index is 0.00182. The summed E-state index contributed by atoms with van der Waals surface area (Å²) in [6.07, 6.45) is 0.660. The van der Waals surface area contributed by atoms with Crippen molar-refractivity contribution in [2.24, 2.45) is 0 Å². The van der Waals surface area contributed by atoms with E-state index in [1.165, 1.54) is 0 Å². The lowest BCUT2D eigenvalue weighted by atomic mass is 10.0. The van der Waals surface area contributed by atoms with E-state index in [0.717, 1.165) is 22.3 Å². The predicted octanol–water partition coefficient (Wildman–Crippen LogP) is 10.1. The van der Waals surface area contributed by atoms with Gasteiger partial charge in [0.15, 0.2) is 0 Å². The first-order valence-electron chi connectivity index (χ1n) is 27.9. The van der Waals surface area contributed by atoms with Gasteiger partial charge >= 0.3 is 24.2 Å². The average molecular weight is 1120 g/mol. The largest absolute Gasteiger partial charge is 0.481 e. The molecule has 8 bridgehead atoms. The van der Waals surface area contributed by atoms with Crippen LogP contribution in [0.4, 0.5) is 37.1 Å². The van der Waals surface area contributed by atoms with E-state index in [4.69, 9.17) is 14.2 Å². The van der Waals surface area contributed by atoms with Crippen molar-refractivity contribution in [3.63, 3.8) is 0 Å². The summed E-state index contributed by atoms with van der Waals surface area (Å²) >= 11 is 0. The Labute approximate surface area is 477 Å². The van der Waals surface area contributed by atoms with Gasteiger partial charge in [-0.25, -0.2) is 14.4 Å². The predicted molar refractivity (Wildman–Crippen MR) is 313 cm³/mol. The number of amides is 7. The molecule has 0 unspecified atom stereocenters. The monoisotopic (exact) mass is 1120 g/mol. The van der Waals surface area contributed by atoms with E-state index in [1.807, 2.05) is 97.1 Å². The molecule has 19 heteroatoms. The zero-order valence-electron chi connectivity index (χ0n) is 48.7. The van der Waals surface area contributed by atoms with Crippen molar-refractivity contribution >= 4 is 70.6 Å². The number of rotatable bonds is 12. The summed E-state index contributed by atoms with van der Waals surface area (Å²) in [5.41, 5.74) is 4.26. The molecule has 7 aliphatic rings. The number of ether oxygens (including phenoxy) is 3. The average Bonchev–Trinajstić information content (AvgIpc) is 3.39. The van der Waals surface area contributed by atoms with Crippen LogP contribution in [0.25, 0.3) is 0 Å². The number of nitrogens with one attached hydrogen (secondary N) is 3. The minimum Gasteiger partial charge on any atom is -0.481 e. The first-order chi connectivity index (χ1) is 38.2. The maximum absolute atomic E-state index is 14.1. The molecule has 0 aromatic heterocycles. The van der Waals surface area contributed by atoms with Gasteiger partial charge in [-0.05, 0) is 172 Å². The lowest BCUT2D eigenvalue weighted by Crippen LogP contribution is -2.38. The number of carboxylic acid groups (broad SMARTS) is 1. The van der Waals surface area contributed by atoms with Crippen LogP contribution in [0.3, 0.4) is 0 Å². The highest BCUT2D eigenvalue weighted by Gasteiger charge is 2.24. The highest BCUT2D eigenvalue weighted by Crippen LogP contribution is 2.26. The molecule has 19 nitrogen and oxygen atoms in total. The highest BCUT2D eigenvalue weighted by atomic mass is 16.6. The number of alkyl carbamates (subject to hydrolysis) is 3. The quantitative estimate of drug-likeness (QED) is 0.0971. The Hall–Kier alpha value is -7.96. The number of carbonyl (C=O) groups excluding carboxylic acids is 7. The number of aliphatic carboxylic acids is 1. The SMILES string of the molecule is CC(C)(C)OC(=O)NCCC(=O)N1CCCCN(C(=O)CCNC(=O)OC(C)(C)C)c2ccc(cc2)Cc2ccc(cc2)N(C(=O)CCC(=O)O)CCCCN(C(=O)CCNC(=O)OC(C)(C)C)c2ccc(cc2)Cc2ccc1cc2. The minimum atomic E-state index is -1.08. The summed E-state index contributed by atoms with van der Waals surface area (Å²) in [5, 5.41) is 17.5. The number of carboxylic acids is 1. The van der Waals surface area contributed by atoms with Crippen LogP contribution >= 0.6 is 0 Å².